The highest BCUT2D eigenvalue weighted by Gasteiger charge is 2.05. The Morgan fingerprint density at radius 1 is 1.11 bits per heavy atom. The van der Waals surface area contributed by atoms with Crippen molar-refractivity contribution in [2.75, 3.05) is 7.11 Å². The summed E-state index contributed by atoms with van der Waals surface area (Å²) in [5.74, 6) is 1.26. The number of methoxy groups -OCH3 is 1. The summed E-state index contributed by atoms with van der Waals surface area (Å²) in [4.78, 5) is 0. The fourth-order valence-electron chi connectivity index (χ4n) is 1.69. The maximum Gasteiger partial charge on any atom is 0.162 e. The van der Waals surface area contributed by atoms with Gasteiger partial charge in [0.25, 0.3) is 0 Å². The molecule has 0 aliphatic rings. The molecular formula is C15H15NO3. The van der Waals surface area contributed by atoms with Gasteiger partial charge in [-0.05, 0) is 23.8 Å². The molecule has 0 radical (unpaired) electrons. The molecule has 0 aliphatic carbocycles. The van der Waals surface area contributed by atoms with Gasteiger partial charge in [-0.25, -0.2) is 0 Å². The minimum absolute atomic E-state index is 0.455. The third-order valence-electron chi connectivity index (χ3n) is 2.63. The van der Waals surface area contributed by atoms with Crippen LogP contribution in [-0.4, -0.2) is 18.5 Å². The molecule has 0 heterocycles. The van der Waals surface area contributed by atoms with Gasteiger partial charge in [-0.2, -0.15) is 0 Å². The number of benzene rings is 2. The number of ether oxygens (including phenoxy) is 2. The predicted molar refractivity (Wildman–Crippen MR) is 73.1 cm³/mol. The first-order chi connectivity index (χ1) is 9.33. The molecule has 0 saturated carbocycles. The molecule has 0 saturated heterocycles. The van der Waals surface area contributed by atoms with E-state index in [-0.39, 0.29) is 0 Å². The van der Waals surface area contributed by atoms with Crippen molar-refractivity contribution in [2.24, 2.45) is 5.16 Å². The molecule has 0 bridgehead atoms. The lowest BCUT2D eigenvalue weighted by atomic mass is 10.2. The Bertz CT molecular complexity index is 553. The normalized spacial score (nSPS) is 10.6. The highest BCUT2D eigenvalue weighted by molar-refractivity contribution is 5.80. The average molecular weight is 257 g/mol. The van der Waals surface area contributed by atoms with Gasteiger partial charge in [-0.1, -0.05) is 35.5 Å². The Labute approximate surface area is 111 Å². The van der Waals surface area contributed by atoms with Gasteiger partial charge in [0, 0.05) is 5.56 Å². The van der Waals surface area contributed by atoms with Gasteiger partial charge in [0.1, 0.15) is 6.61 Å². The van der Waals surface area contributed by atoms with Gasteiger partial charge in [0.2, 0.25) is 0 Å². The Morgan fingerprint density at radius 3 is 2.58 bits per heavy atom. The maximum absolute atomic E-state index is 8.54. The van der Waals surface area contributed by atoms with Crippen LogP contribution in [0.1, 0.15) is 11.1 Å². The Morgan fingerprint density at radius 2 is 1.89 bits per heavy atom. The zero-order valence-electron chi connectivity index (χ0n) is 10.6. The van der Waals surface area contributed by atoms with Gasteiger partial charge < -0.3 is 14.7 Å². The quantitative estimate of drug-likeness (QED) is 0.508. The van der Waals surface area contributed by atoms with Crippen LogP contribution < -0.4 is 9.47 Å². The first kappa shape index (κ1) is 13.0. The summed E-state index contributed by atoms with van der Waals surface area (Å²) in [6, 6.07) is 15.2. The fraction of sp³-hybridized carbons (Fsp3) is 0.133. The highest BCUT2D eigenvalue weighted by atomic mass is 16.5. The summed E-state index contributed by atoms with van der Waals surface area (Å²) >= 11 is 0. The molecule has 0 unspecified atom stereocenters. The lowest BCUT2D eigenvalue weighted by Crippen LogP contribution is -1.98. The summed E-state index contributed by atoms with van der Waals surface area (Å²) in [7, 11) is 1.59. The van der Waals surface area contributed by atoms with E-state index in [4.69, 9.17) is 14.7 Å². The van der Waals surface area contributed by atoms with Crippen molar-refractivity contribution < 1.29 is 14.7 Å². The van der Waals surface area contributed by atoms with Crippen molar-refractivity contribution in [1.29, 1.82) is 0 Å². The summed E-state index contributed by atoms with van der Waals surface area (Å²) < 4.78 is 11.0. The molecule has 2 aromatic carbocycles. The van der Waals surface area contributed by atoms with E-state index in [9.17, 15) is 0 Å². The largest absolute Gasteiger partial charge is 0.493 e. The SMILES string of the molecule is COc1ccc(/C=N\O)cc1OCc1ccccc1. The van der Waals surface area contributed by atoms with Crippen LogP contribution in [0.25, 0.3) is 0 Å². The van der Waals surface area contributed by atoms with Crippen LogP contribution in [0.5, 0.6) is 11.5 Å². The van der Waals surface area contributed by atoms with Crippen LogP contribution in [-0.2, 0) is 6.61 Å². The molecule has 0 aromatic heterocycles. The number of rotatable bonds is 5. The van der Waals surface area contributed by atoms with Crippen molar-refractivity contribution in [1.82, 2.24) is 0 Å². The van der Waals surface area contributed by atoms with E-state index in [1.54, 1.807) is 25.3 Å². The summed E-state index contributed by atoms with van der Waals surface area (Å²) in [6.07, 6.45) is 1.34. The summed E-state index contributed by atoms with van der Waals surface area (Å²) in [6.45, 7) is 0.455. The van der Waals surface area contributed by atoms with Crippen LogP contribution in [0.4, 0.5) is 0 Å². The molecule has 0 atom stereocenters. The van der Waals surface area contributed by atoms with Crippen LogP contribution >= 0.6 is 0 Å². The summed E-state index contributed by atoms with van der Waals surface area (Å²) in [5.41, 5.74) is 1.82. The highest BCUT2D eigenvalue weighted by Crippen LogP contribution is 2.28. The Kier molecular flexibility index (Phi) is 4.39. The molecule has 2 aromatic rings. The van der Waals surface area contributed by atoms with Crippen LogP contribution in [0.2, 0.25) is 0 Å². The van der Waals surface area contributed by atoms with Gasteiger partial charge >= 0.3 is 0 Å². The van der Waals surface area contributed by atoms with E-state index in [0.717, 1.165) is 11.1 Å². The van der Waals surface area contributed by atoms with E-state index in [0.29, 0.717) is 18.1 Å². The van der Waals surface area contributed by atoms with Crippen molar-refractivity contribution in [3.8, 4) is 11.5 Å². The zero-order chi connectivity index (χ0) is 13.5. The lowest BCUT2D eigenvalue weighted by Gasteiger charge is -2.11. The fourth-order valence-corrected chi connectivity index (χ4v) is 1.69. The van der Waals surface area contributed by atoms with Gasteiger partial charge in [-0.15, -0.1) is 0 Å². The zero-order valence-corrected chi connectivity index (χ0v) is 10.6. The van der Waals surface area contributed by atoms with Crippen LogP contribution in [0.3, 0.4) is 0 Å². The first-order valence-corrected chi connectivity index (χ1v) is 5.85. The summed E-state index contributed by atoms with van der Waals surface area (Å²) in [5, 5.41) is 11.5. The van der Waals surface area contributed by atoms with E-state index in [2.05, 4.69) is 5.16 Å². The lowest BCUT2D eigenvalue weighted by molar-refractivity contribution is 0.284. The van der Waals surface area contributed by atoms with Gasteiger partial charge in [0.15, 0.2) is 11.5 Å². The molecule has 4 heteroatoms. The Balaban J connectivity index is 2.15. The maximum atomic E-state index is 8.54. The second-order valence-corrected chi connectivity index (χ2v) is 3.93. The van der Waals surface area contributed by atoms with Crippen LogP contribution in [0, 0.1) is 0 Å². The molecule has 98 valence electrons. The van der Waals surface area contributed by atoms with Crippen molar-refractivity contribution in [3.63, 3.8) is 0 Å². The monoisotopic (exact) mass is 257 g/mol. The predicted octanol–water partition coefficient (Wildman–Crippen LogP) is 3.08. The standard InChI is InChI=1S/C15H15NO3/c1-18-14-8-7-13(10-16-17)9-15(14)19-11-12-5-3-2-4-6-12/h2-10,17H,11H2,1H3/b16-10-. The number of hydrogen-bond donors (Lipinski definition) is 1. The third kappa shape index (κ3) is 3.48. The van der Waals surface area contributed by atoms with E-state index < -0.39 is 0 Å². The van der Waals surface area contributed by atoms with Crippen molar-refractivity contribution in [2.45, 2.75) is 6.61 Å². The van der Waals surface area contributed by atoms with Crippen molar-refractivity contribution >= 4 is 6.21 Å². The molecule has 0 aliphatic heterocycles. The first-order valence-electron chi connectivity index (χ1n) is 5.85. The minimum Gasteiger partial charge on any atom is -0.493 e. The molecule has 4 nitrogen and oxygen atoms in total. The second kappa shape index (κ2) is 6.44. The Hall–Kier alpha value is -2.49. The number of nitrogens with zero attached hydrogens (tertiary/aromatic N) is 1. The molecular weight excluding hydrogens is 242 g/mol. The number of hydrogen-bond acceptors (Lipinski definition) is 4. The van der Waals surface area contributed by atoms with E-state index >= 15 is 0 Å². The van der Waals surface area contributed by atoms with E-state index in [1.807, 2.05) is 30.3 Å². The minimum atomic E-state index is 0.455. The van der Waals surface area contributed by atoms with E-state index in [1.165, 1.54) is 6.21 Å². The molecule has 19 heavy (non-hydrogen) atoms. The molecule has 0 fully saturated rings. The molecule has 2 rings (SSSR count). The smallest absolute Gasteiger partial charge is 0.162 e. The second-order valence-electron chi connectivity index (χ2n) is 3.93. The van der Waals surface area contributed by atoms with Crippen LogP contribution in [0.15, 0.2) is 53.7 Å². The molecule has 0 spiro atoms. The molecule has 0 amide bonds. The average Bonchev–Trinajstić information content (AvgIpc) is 2.47. The third-order valence-corrected chi connectivity index (χ3v) is 2.63. The van der Waals surface area contributed by atoms with Gasteiger partial charge in [-0.3, -0.25) is 0 Å². The molecule has 1 N–H and O–H groups in total. The van der Waals surface area contributed by atoms with Gasteiger partial charge in [0.05, 0.1) is 13.3 Å². The topological polar surface area (TPSA) is 51.0 Å². The van der Waals surface area contributed by atoms with Crippen molar-refractivity contribution in [3.05, 3.63) is 59.7 Å². The number of oxime groups is 1.